The molecule has 1 aromatic rings. The Morgan fingerprint density at radius 3 is 2.38 bits per heavy atom. The van der Waals surface area contributed by atoms with Crippen LogP contribution in [0.4, 0.5) is 4.79 Å². The smallest absolute Gasteiger partial charge is 0.324 e. The molecule has 1 atom stereocenters. The molecule has 0 aliphatic carbocycles. The molecule has 0 aromatic heterocycles. The summed E-state index contributed by atoms with van der Waals surface area (Å²) < 4.78 is 31.1. The lowest BCUT2D eigenvalue weighted by atomic mass is 10.4. The van der Waals surface area contributed by atoms with Gasteiger partial charge < -0.3 is 10.1 Å². The molecule has 0 bridgehead atoms. The van der Waals surface area contributed by atoms with Crippen molar-refractivity contribution < 1.29 is 27.5 Å². The summed E-state index contributed by atoms with van der Waals surface area (Å²) in [4.78, 5) is 34.5. The monoisotopic (exact) mass is 405 g/mol. The number of sulfonamides is 1. The average Bonchev–Trinajstić information content (AvgIpc) is 2.57. The Morgan fingerprint density at radius 1 is 1.19 bits per heavy atom. The molecule has 1 rings (SSSR count). The Labute approximate surface area is 156 Å². The zero-order valence-corrected chi connectivity index (χ0v) is 15.8. The molecule has 0 spiro atoms. The molecule has 0 heterocycles. The van der Waals surface area contributed by atoms with Crippen LogP contribution in [0.25, 0.3) is 0 Å². The number of benzene rings is 1. The summed E-state index contributed by atoms with van der Waals surface area (Å²) in [6.07, 6.45) is 0.696. The first kappa shape index (κ1) is 21.9. The summed E-state index contributed by atoms with van der Waals surface area (Å²) in [6.45, 7) is 2.78. The first-order valence-corrected chi connectivity index (χ1v) is 9.54. The lowest BCUT2D eigenvalue weighted by molar-refractivity contribution is -0.149. The zero-order valence-electron chi connectivity index (χ0n) is 14.2. The van der Waals surface area contributed by atoms with E-state index in [1.807, 2.05) is 12.2 Å². The number of imide groups is 1. The van der Waals surface area contributed by atoms with Gasteiger partial charge in [-0.15, -0.1) is 0 Å². The maximum Gasteiger partial charge on any atom is 0.324 e. The number of carbonyl (C=O) groups excluding carboxylic acids is 3. The summed E-state index contributed by atoms with van der Waals surface area (Å²) in [5, 5.41) is 4.75. The number of urea groups is 1. The summed E-state index contributed by atoms with van der Waals surface area (Å²) in [7, 11) is -3.96. The summed E-state index contributed by atoms with van der Waals surface area (Å²) in [6, 6.07) is 3.41. The van der Waals surface area contributed by atoms with Crippen LogP contribution in [0.15, 0.2) is 29.2 Å². The number of rotatable bonds is 8. The highest BCUT2D eigenvalue weighted by atomic mass is 35.5. The number of nitrogens with one attached hydrogen (secondary N) is 3. The van der Waals surface area contributed by atoms with Crippen molar-refractivity contribution >= 4 is 39.5 Å². The minimum atomic E-state index is -3.96. The molecule has 0 aliphatic rings. The van der Waals surface area contributed by atoms with Crippen LogP contribution < -0.4 is 15.4 Å². The van der Waals surface area contributed by atoms with Crippen molar-refractivity contribution in [1.82, 2.24) is 15.4 Å². The second-order valence-corrected chi connectivity index (χ2v) is 7.36. The van der Waals surface area contributed by atoms with Crippen LogP contribution in [0, 0.1) is 0 Å². The van der Waals surface area contributed by atoms with Gasteiger partial charge in [-0.1, -0.05) is 18.5 Å². The third-order valence-electron chi connectivity index (χ3n) is 2.94. The highest BCUT2D eigenvalue weighted by Crippen LogP contribution is 2.14. The molecule has 11 heteroatoms. The molecule has 0 saturated heterocycles. The minimum Gasteiger partial charge on any atom is -0.454 e. The SMILES string of the molecule is CCCNC(=O)NC(=O)COC(=O)[C@H](C)NS(=O)(=O)c1ccc(Cl)cc1. The van der Waals surface area contributed by atoms with Crippen molar-refractivity contribution in [3.63, 3.8) is 0 Å². The molecular formula is C15H20ClN3O6S. The van der Waals surface area contributed by atoms with Crippen LogP contribution in [0.1, 0.15) is 20.3 Å². The van der Waals surface area contributed by atoms with E-state index in [9.17, 15) is 22.8 Å². The van der Waals surface area contributed by atoms with Gasteiger partial charge in [-0.25, -0.2) is 13.2 Å². The Hall–Kier alpha value is -2.17. The van der Waals surface area contributed by atoms with E-state index in [1.54, 1.807) is 0 Å². The van der Waals surface area contributed by atoms with Gasteiger partial charge in [0.15, 0.2) is 6.61 Å². The fraction of sp³-hybridized carbons (Fsp3) is 0.400. The predicted octanol–water partition coefficient (Wildman–Crippen LogP) is 0.786. The number of ether oxygens (including phenoxy) is 1. The topological polar surface area (TPSA) is 131 Å². The van der Waals surface area contributed by atoms with Crippen LogP contribution in [0.3, 0.4) is 0 Å². The highest BCUT2D eigenvalue weighted by molar-refractivity contribution is 7.89. The van der Waals surface area contributed by atoms with Gasteiger partial charge in [0.2, 0.25) is 10.0 Å². The van der Waals surface area contributed by atoms with E-state index < -0.39 is 40.6 Å². The molecule has 0 fully saturated rings. The normalized spacial score (nSPS) is 12.1. The quantitative estimate of drug-likeness (QED) is 0.548. The van der Waals surface area contributed by atoms with Gasteiger partial charge >= 0.3 is 12.0 Å². The molecule has 1 aromatic carbocycles. The van der Waals surface area contributed by atoms with E-state index in [1.165, 1.54) is 31.2 Å². The van der Waals surface area contributed by atoms with Gasteiger partial charge in [-0.05, 0) is 37.6 Å². The lowest BCUT2D eigenvalue weighted by Crippen LogP contribution is -2.43. The Kier molecular flexibility index (Phi) is 8.49. The Morgan fingerprint density at radius 2 is 1.81 bits per heavy atom. The number of carbonyl (C=O) groups is 3. The van der Waals surface area contributed by atoms with Crippen molar-refractivity contribution in [3.8, 4) is 0 Å². The van der Waals surface area contributed by atoms with Gasteiger partial charge in [-0.3, -0.25) is 14.9 Å². The van der Waals surface area contributed by atoms with Gasteiger partial charge in [0.25, 0.3) is 5.91 Å². The standard InChI is InChI=1S/C15H20ClN3O6S/c1-3-8-17-15(22)18-13(20)9-25-14(21)10(2)19-26(23,24)12-6-4-11(16)5-7-12/h4-7,10,19H,3,8-9H2,1-2H3,(H2,17,18,20,22)/t10-/m0/s1. The molecule has 0 aliphatic heterocycles. The molecular weight excluding hydrogens is 386 g/mol. The number of esters is 1. The molecule has 0 saturated carbocycles. The van der Waals surface area contributed by atoms with E-state index in [0.29, 0.717) is 18.0 Å². The predicted molar refractivity (Wildman–Crippen MR) is 94.0 cm³/mol. The second kappa shape index (κ2) is 10.1. The van der Waals surface area contributed by atoms with Crippen LogP contribution in [0.5, 0.6) is 0 Å². The van der Waals surface area contributed by atoms with Crippen LogP contribution in [-0.4, -0.2) is 45.5 Å². The summed E-state index contributed by atoms with van der Waals surface area (Å²) >= 11 is 5.70. The fourth-order valence-corrected chi connectivity index (χ4v) is 2.99. The van der Waals surface area contributed by atoms with Crippen molar-refractivity contribution in [3.05, 3.63) is 29.3 Å². The molecule has 3 N–H and O–H groups in total. The Balaban J connectivity index is 2.50. The molecule has 144 valence electrons. The largest absolute Gasteiger partial charge is 0.454 e. The number of hydrogen-bond acceptors (Lipinski definition) is 6. The number of halogens is 1. The summed E-state index contributed by atoms with van der Waals surface area (Å²) in [5.74, 6) is -1.80. The maximum absolute atomic E-state index is 12.1. The molecule has 0 radical (unpaired) electrons. The maximum atomic E-state index is 12.1. The van der Waals surface area contributed by atoms with Crippen molar-refractivity contribution in [1.29, 1.82) is 0 Å². The van der Waals surface area contributed by atoms with E-state index in [4.69, 9.17) is 16.3 Å². The van der Waals surface area contributed by atoms with Crippen molar-refractivity contribution in [2.45, 2.75) is 31.2 Å². The highest BCUT2D eigenvalue weighted by Gasteiger charge is 2.23. The lowest BCUT2D eigenvalue weighted by Gasteiger charge is -2.13. The van der Waals surface area contributed by atoms with Gasteiger partial charge in [-0.2, -0.15) is 4.72 Å². The van der Waals surface area contributed by atoms with Gasteiger partial charge in [0, 0.05) is 11.6 Å². The first-order chi connectivity index (χ1) is 12.2. The molecule has 26 heavy (non-hydrogen) atoms. The van der Waals surface area contributed by atoms with Gasteiger partial charge in [0.05, 0.1) is 4.90 Å². The third kappa shape index (κ3) is 7.38. The van der Waals surface area contributed by atoms with Crippen molar-refractivity contribution in [2.75, 3.05) is 13.2 Å². The molecule has 0 unspecified atom stereocenters. The number of amides is 3. The molecule has 3 amide bonds. The van der Waals surface area contributed by atoms with E-state index >= 15 is 0 Å². The van der Waals surface area contributed by atoms with Crippen LogP contribution >= 0.6 is 11.6 Å². The van der Waals surface area contributed by atoms with Crippen LogP contribution in [0.2, 0.25) is 5.02 Å². The van der Waals surface area contributed by atoms with Gasteiger partial charge in [0.1, 0.15) is 6.04 Å². The first-order valence-electron chi connectivity index (χ1n) is 7.68. The molecule has 9 nitrogen and oxygen atoms in total. The average molecular weight is 406 g/mol. The van der Waals surface area contributed by atoms with Crippen molar-refractivity contribution in [2.24, 2.45) is 0 Å². The summed E-state index contributed by atoms with van der Waals surface area (Å²) in [5.41, 5.74) is 0. The van der Waals surface area contributed by atoms with E-state index in [0.717, 1.165) is 0 Å². The fourth-order valence-electron chi connectivity index (χ4n) is 1.67. The number of hydrogen-bond donors (Lipinski definition) is 3. The zero-order chi connectivity index (χ0) is 19.7. The second-order valence-electron chi connectivity index (χ2n) is 5.21. The minimum absolute atomic E-state index is 0.0770. The van der Waals surface area contributed by atoms with E-state index in [2.05, 4.69) is 10.0 Å². The van der Waals surface area contributed by atoms with E-state index in [-0.39, 0.29) is 4.90 Å². The van der Waals surface area contributed by atoms with Crippen LogP contribution in [-0.2, 0) is 24.3 Å². The Bertz CT molecular complexity index is 751. The third-order valence-corrected chi connectivity index (χ3v) is 4.75.